The molecule has 6 aliphatic rings. The van der Waals surface area contributed by atoms with Gasteiger partial charge in [0.15, 0.2) is 0 Å². The van der Waals surface area contributed by atoms with Crippen molar-refractivity contribution in [2.24, 2.45) is 0 Å². The van der Waals surface area contributed by atoms with Crippen molar-refractivity contribution < 1.29 is 294 Å². The van der Waals surface area contributed by atoms with E-state index < -0.39 is 59.7 Å². The zero-order valence-corrected chi connectivity index (χ0v) is 73.6. The van der Waals surface area contributed by atoms with Gasteiger partial charge in [-0.25, -0.2) is 4.57 Å². The molecule has 32 heteroatoms. The van der Waals surface area contributed by atoms with E-state index in [0.29, 0.717) is 13.2 Å². The number of phosphoric ester groups is 1. The molecule has 0 amide bonds. The van der Waals surface area contributed by atoms with Crippen LogP contribution < -0.4 is 0 Å². The van der Waals surface area contributed by atoms with Gasteiger partial charge in [0.25, 0.3) is 0 Å². The molecule has 0 bridgehead atoms. The Kier molecular flexibility index (Phi) is 49.4. The third-order valence-electron chi connectivity index (χ3n) is 12.4. The van der Waals surface area contributed by atoms with Gasteiger partial charge in [0.05, 0.1) is 88.5 Å². The Bertz CT molecular complexity index is 1880. The molecular weight excluding hydrogens is 1650 g/mol. The van der Waals surface area contributed by atoms with Crippen LogP contribution in [0.3, 0.4) is 0 Å². The second-order valence-electron chi connectivity index (χ2n) is 21.9. The fourth-order valence-corrected chi connectivity index (χ4v) is 14.0. The topological polar surface area (TPSA) is 224 Å². The van der Waals surface area contributed by atoms with Gasteiger partial charge in [0, 0.05) is 222 Å². The van der Waals surface area contributed by atoms with Crippen molar-refractivity contribution in [1.82, 2.24) is 0 Å². The number of ether oxygens (including phenoxy) is 10. The summed E-state index contributed by atoms with van der Waals surface area (Å²) in [7, 11) is -9.53. The van der Waals surface area contributed by atoms with E-state index in [1.807, 2.05) is 136 Å². The monoisotopic (exact) mass is 1740 g/mol. The van der Waals surface area contributed by atoms with Gasteiger partial charge in [-0.15, -0.1) is 0 Å². The van der Waals surface area contributed by atoms with Crippen molar-refractivity contribution in [3.63, 3.8) is 0 Å². The van der Waals surface area contributed by atoms with Gasteiger partial charge in [-0.1, -0.05) is 90.8 Å². The fourth-order valence-electron chi connectivity index (χ4n) is 9.17. The molecule has 22 atom stereocenters. The van der Waals surface area contributed by atoms with E-state index in [-0.39, 0.29) is 326 Å². The Balaban J connectivity index is 0. The molecule has 6 rings (SSSR count). The molecule has 6 radical (unpaired) electrons. The molecule has 0 saturated carbocycles. The van der Waals surface area contributed by atoms with Crippen LogP contribution >= 0.6 is 29.2 Å². The molecule has 84 heavy (non-hydrogen) atoms. The maximum absolute atomic E-state index is 12.8. The molecule has 4 unspecified atom stereocenters. The molecule has 2 N–H and O–H groups in total. The van der Waals surface area contributed by atoms with E-state index >= 15 is 0 Å². The van der Waals surface area contributed by atoms with Crippen molar-refractivity contribution in [2.75, 3.05) is 53.0 Å². The maximum atomic E-state index is 12.8. The van der Waals surface area contributed by atoms with E-state index in [1.165, 1.54) is 0 Å². The quantitative estimate of drug-likeness (QED) is 0.0512. The summed E-state index contributed by atoms with van der Waals surface area (Å²) in [5, 5.41) is 0. The standard InChI is InChI=1S/C26H47O11P2.C26H47O10P2S.6Y/c1-16(2)29-13-24-22(11-19(6)33-24)36-38(8,9)30-14-26-23(12-20(7)35-26)37-39(27,28)31-15-25-21(32-17(3)4)10-18(5)34-25;1-16(2)28-13-24-22(11-19(6)32-24)35-37(8,9)29-14-26-23(12-20(7)34-26)36-38(27,39)30-15-25-21(31-17(3)4)10-18(5)33-25;;;;;;/h10-12,16-26H,8,13-15H2,1-7,9H3,(H,27,28);10-12,16-26H,8,13-15H2,1-7,9H3,(H,27,39);;;;;;/q2*-3;;;;;;/t18-,19-,20-,21+,22+,23+,24+,25+,26+,38?;18-,19-,20-,21+,22+,23+,24+,25+,26+,37?,38?;;;;;;/m00....../s1. The minimum absolute atomic E-state index is 0. The minimum atomic E-state index is -4.45. The van der Waals surface area contributed by atoms with Crippen molar-refractivity contribution in [1.29, 1.82) is 0 Å². The zero-order chi connectivity index (χ0) is 57.9. The molecule has 0 aromatic heterocycles. The Morgan fingerprint density at radius 3 is 0.964 bits per heavy atom. The van der Waals surface area contributed by atoms with Crippen LogP contribution in [0, 0.1) is 38.5 Å². The number of phosphoric acid groups is 1. The van der Waals surface area contributed by atoms with Crippen LogP contribution in [0.5, 0.6) is 0 Å². The van der Waals surface area contributed by atoms with Crippen LogP contribution in [-0.2, 0) is 296 Å². The summed E-state index contributed by atoms with van der Waals surface area (Å²) in [6.07, 6.45) is 13.8. The van der Waals surface area contributed by atoms with Gasteiger partial charge in [-0.3, -0.25) is 43.0 Å². The number of hydrogen-bond donors (Lipinski definition) is 2. The van der Waals surface area contributed by atoms with E-state index in [9.17, 15) is 14.4 Å². The molecule has 6 saturated heterocycles. The second-order valence-corrected chi connectivity index (χ2v) is 31.1. The molecule has 0 aromatic rings. The van der Waals surface area contributed by atoms with Gasteiger partial charge in [-0.05, 0) is 104 Å². The second kappa shape index (κ2) is 44.4. The Morgan fingerprint density at radius 1 is 0.405 bits per heavy atom. The summed E-state index contributed by atoms with van der Waals surface area (Å²) in [6.45, 7) is 28.0. The Hall–Kier alpha value is 7.30. The molecule has 0 aliphatic carbocycles. The first-order valence-electron chi connectivity index (χ1n) is 27.2. The van der Waals surface area contributed by atoms with Crippen LogP contribution in [0.25, 0.3) is 0 Å². The van der Waals surface area contributed by atoms with E-state index in [4.69, 9.17) is 95.4 Å². The van der Waals surface area contributed by atoms with E-state index in [0.717, 1.165) is 0 Å². The molecular formula is C52H94O21P4SY6-6. The maximum Gasteiger partial charge on any atom is 0.470 e. The zero-order valence-electron chi connectivity index (χ0n) is 52.1. The number of hydrogen-bond acceptors (Lipinski definition) is 20. The van der Waals surface area contributed by atoms with Gasteiger partial charge >= 0.3 is 14.5 Å². The minimum Gasteiger partial charge on any atom is -0.405 e. The van der Waals surface area contributed by atoms with E-state index in [2.05, 4.69) is 12.6 Å². The summed E-state index contributed by atoms with van der Waals surface area (Å²) in [6, 6.07) is 0. The summed E-state index contributed by atoms with van der Waals surface area (Å²) >= 11 is 5.32. The van der Waals surface area contributed by atoms with E-state index in [1.54, 1.807) is 13.1 Å². The average molecular weight is 1740 g/mol. The largest absolute Gasteiger partial charge is 0.470 e. The first-order valence-corrected chi connectivity index (χ1v) is 35.8. The fraction of sp³-hybridized carbons (Fsp3) is 0.846. The summed E-state index contributed by atoms with van der Waals surface area (Å²) < 4.78 is 118. The Morgan fingerprint density at radius 2 is 0.655 bits per heavy atom. The molecule has 0 spiro atoms. The summed E-state index contributed by atoms with van der Waals surface area (Å²) in [4.78, 5) is 21.3. The van der Waals surface area contributed by atoms with Crippen molar-refractivity contribution in [3.8, 4) is 0 Å². The predicted octanol–water partition coefficient (Wildman–Crippen LogP) is 8.09. The predicted molar refractivity (Wildman–Crippen MR) is 304 cm³/mol. The molecule has 0 aromatic carbocycles. The van der Waals surface area contributed by atoms with Gasteiger partial charge in [0.2, 0.25) is 0 Å². The van der Waals surface area contributed by atoms with Crippen molar-refractivity contribution in [2.45, 2.75) is 231 Å². The van der Waals surface area contributed by atoms with Crippen LogP contribution in [0.4, 0.5) is 0 Å². The molecule has 6 heterocycles. The first kappa shape index (κ1) is 93.4. The SMILES string of the molecule is C=P(C)(OC[C@H]1O[C@@H](C)[CH-][C@H]1OP(=O)(O)OC[C@H]1O[C@@H](C)[CH-][C@H]1OC(C)C)O[C@@H]1[CH-][C@H](C)O[C@@H]1COC(C)C.C=P(C)(OC[C@H]1O[C@@H](C)[CH-][C@H]1OP(O)(=S)OC[C@H]1O[C@@H](C)[CH-][C@H]1OC(C)C)O[C@@H]1[CH-][C@H](C)O[C@@H]1COC(C)C.[Y].[Y].[Y].[Y].[Y].[Y]. The average Bonchev–Trinajstić information content (AvgIpc) is 4.15. The Labute approximate surface area is 660 Å². The summed E-state index contributed by atoms with van der Waals surface area (Å²) in [5.74, 6) is 0. The number of rotatable bonds is 30. The van der Waals surface area contributed by atoms with Gasteiger partial charge in [-0.2, -0.15) is 0 Å². The van der Waals surface area contributed by atoms with Crippen LogP contribution in [0.15, 0.2) is 0 Å². The summed E-state index contributed by atoms with van der Waals surface area (Å²) in [5.41, 5.74) is 0. The molecule has 6 aliphatic heterocycles. The third kappa shape index (κ3) is 34.9. The normalized spacial score (nSPS) is 35.7. The van der Waals surface area contributed by atoms with Crippen molar-refractivity contribution >= 4 is 53.6 Å². The molecule has 21 nitrogen and oxygen atoms in total. The molecule has 6 fully saturated rings. The third-order valence-corrected chi connectivity index (χ3v) is 17.7. The van der Waals surface area contributed by atoms with Crippen LogP contribution in [0.2, 0.25) is 0 Å². The molecule has 478 valence electrons. The van der Waals surface area contributed by atoms with Gasteiger partial charge in [0.1, 0.15) is 14.7 Å². The smallest absolute Gasteiger partial charge is 0.405 e. The van der Waals surface area contributed by atoms with Crippen LogP contribution in [-0.4, -0.2) is 210 Å². The van der Waals surface area contributed by atoms with Crippen LogP contribution in [0.1, 0.15) is 96.9 Å². The van der Waals surface area contributed by atoms with Crippen molar-refractivity contribution in [3.05, 3.63) is 38.5 Å². The first-order chi connectivity index (χ1) is 36.2. The van der Waals surface area contributed by atoms with Gasteiger partial charge < -0.3 is 88.8 Å².